The molecule has 32 heavy (non-hydrogen) atoms. The minimum atomic E-state index is -0.592. The standard InChI is InChI=1S/C23H27N5O4/c29-20-15-4-1-2-5-16(15)24-23(25-20)13-22(32-14-23)7-9-28(10-8-22)21(30)18-12-17(26-27-18)19-6-3-11-31-19/h1-6,11,17-18,24,26-27H,7-10,12-14H2,(H,25,29). The number of piperidine rings is 1. The molecule has 6 rings (SSSR count). The molecule has 0 bridgehead atoms. The minimum Gasteiger partial charge on any atom is -0.468 e. The number of rotatable bonds is 2. The molecule has 9 heteroatoms. The van der Waals surface area contributed by atoms with Crippen LogP contribution in [-0.4, -0.2) is 53.7 Å². The van der Waals surface area contributed by atoms with Crippen LogP contribution in [0.25, 0.3) is 0 Å². The molecular formula is C23H27N5O4. The topological polar surface area (TPSA) is 108 Å². The van der Waals surface area contributed by atoms with Gasteiger partial charge in [0, 0.05) is 25.2 Å². The summed E-state index contributed by atoms with van der Waals surface area (Å²) in [7, 11) is 0. The Hall–Kier alpha value is -2.88. The number of anilines is 1. The fourth-order valence-corrected chi connectivity index (χ4v) is 5.52. The molecule has 0 saturated carbocycles. The molecule has 4 N–H and O–H groups in total. The van der Waals surface area contributed by atoms with Crippen molar-refractivity contribution < 1.29 is 18.7 Å². The van der Waals surface area contributed by atoms with Gasteiger partial charge < -0.3 is 24.7 Å². The third-order valence-corrected chi connectivity index (χ3v) is 7.22. The van der Waals surface area contributed by atoms with Crippen LogP contribution in [0.1, 0.15) is 47.8 Å². The molecule has 3 unspecified atom stereocenters. The molecular weight excluding hydrogens is 410 g/mol. The zero-order chi connectivity index (χ0) is 21.8. The summed E-state index contributed by atoms with van der Waals surface area (Å²) in [5.74, 6) is 0.865. The minimum absolute atomic E-state index is 0.00280. The summed E-state index contributed by atoms with van der Waals surface area (Å²) >= 11 is 0. The highest BCUT2D eigenvalue weighted by Crippen LogP contribution is 2.43. The highest BCUT2D eigenvalue weighted by molar-refractivity contribution is 6.02. The van der Waals surface area contributed by atoms with Crippen LogP contribution in [0, 0.1) is 0 Å². The number of ether oxygens (including phenoxy) is 1. The second-order valence-corrected chi connectivity index (χ2v) is 9.33. The number of para-hydroxylation sites is 1. The maximum Gasteiger partial charge on any atom is 0.255 e. The molecule has 168 valence electrons. The summed E-state index contributed by atoms with van der Waals surface area (Å²) in [6.45, 7) is 1.70. The zero-order valence-corrected chi connectivity index (χ0v) is 17.7. The lowest BCUT2D eigenvalue weighted by Crippen LogP contribution is -2.59. The van der Waals surface area contributed by atoms with Gasteiger partial charge in [-0.2, -0.15) is 0 Å². The number of benzene rings is 1. The number of fused-ring (bicyclic) bond motifs is 1. The van der Waals surface area contributed by atoms with E-state index in [1.165, 1.54) is 0 Å². The highest BCUT2D eigenvalue weighted by Gasteiger charge is 2.53. The molecule has 0 radical (unpaired) electrons. The van der Waals surface area contributed by atoms with Gasteiger partial charge in [0.05, 0.1) is 30.1 Å². The van der Waals surface area contributed by atoms with Crippen molar-refractivity contribution in [3.05, 3.63) is 54.0 Å². The summed E-state index contributed by atoms with van der Waals surface area (Å²) in [5.41, 5.74) is 6.86. The maximum atomic E-state index is 13.1. The van der Waals surface area contributed by atoms with Crippen molar-refractivity contribution in [3.8, 4) is 0 Å². The van der Waals surface area contributed by atoms with E-state index in [0.717, 1.165) is 24.3 Å². The van der Waals surface area contributed by atoms with Crippen molar-refractivity contribution in [3.63, 3.8) is 0 Å². The molecule has 4 aliphatic rings. The van der Waals surface area contributed by atoms with Crippen LogP contribution >= 0.6 is 0 Å². The first-order chi connectivity index (χ1) is 15.5. The van der Waals surface area contributed by atoms with E-state index in [1.54, 1.807) is 6.26 Å². The van der Waals surface area contributed by atoms with Gasteiger partial charge in [-0.05, 0) is 43.5 Å². The fraction of sp³-hybridized carbons (Fsp3) is 0.478. The van der Waals surface area contributed by atoms with Crippen LogP contribution in [0.2, 0.25) is 0 Å². The van der Waals surface area contributed by atoms with Gasteiger partial charge in [-0.25, -0.2) is 10.9 Å². The van der Waals surface area contributed by atoms with Gasteiger partial charge >= 0.3 is 0 Å². The molecule has 9 nitrogen and oxygen atoms in total. The summed E-state index contributed by atoms with van der Waals surface area (Å²) in [4.78, 5) is 27.6. The Morgan fingerprint density at radius 1 is 1.06 bits per heavy atom. The number of hydrazine groups is 1. The Bertz CT molecular complexity index is 1030. The lowest BCUT2D eigenvalue weighted by molar-refractivity contribution is -0.138. The summed E-state index contributed by atoms with van der Waals surface area (Å²) < 4.78 is 11.8. The molecule has 3 fully saturated rings. The molecule has 3 saturated heterocycles. The van der Waals surface area contributed by atoms with Crippen LogP contribution in [-0.2, 0) is 9.53 Å². The Balaban J connectivity index is 1.08. The Morgan fingerprint density at radius 3 is 2.72 bits per heavy atom. The van der Waals surface area contributed by atoms with E-state index in [1.807, 2.05) is 41.3 Å². The second kappa shape index (κ2) is 7.33. The predicted molar refractivity (Wildman–Crippen MR) is 116 cm³/mol. The average Bonchev–Trinajstić information content (AvgIpc) is 3.55. The Kier molecular flexibility index (Phi) is 4.53. The molecule has 2 spiro atoms. The fourth-order valence-electron chi connectivity index (χ4n) is 5.52. The summed E-state index contributed by atoms with van der Waals surface area (Å²) in [5, 5.41) is 6.64. The number of hydrogen-bond acceptors (Lipinski definition) is 7. The quantitative estimate of drug-likeness (QED) is 0.564. The van der Waals surface area contributed by atoms with Gasteiger partial charge in [0.15, 0.2) is 0 Å². The van der Waals surface area contributed by atoms with Gasteiger partial charge in [-0.1, -0.05) is 12.1 Å². The SMILES string of the molecule is O=C1NC2(COC3(CCN(C(=O)C4CC(c5ccco5)NN4)CC3)C2)Nc2ccccc21. The average molecular weight is 438 g/mol. The maximum absolute atomic E-state index is 13.1. The van der Waals surface area contributed by atoms with Crippen molar-refractivity contribution in [2.75, 3.05) is 25.0 Å². The van der Waals surface area contributed by atoms with Crippen molar-refractivity contribution in [2.24, 2.45) is 0 Å². The first kappa shape index (κ1) is 19.8. The molecule has 1 aromatic carbocycles. The van der Waals surface area contributed by atoms with Gasteiger partial charge in [-0.15, -0.1) is 0 Å². The summed E-state index contributed by atoms with van der Waals surface area (Å²) in [6, 6.07) is 11.0. The Labute approximate surface area is 185 Å². The largest absolute Gasteiger partial charge is 0.468 e. The molecule has 2 amide bonds. The lowest BCUT2D eigenvalue weighted by Gasteiger charge is -2.41. The van der Waals surface area contributed by atoms with Crippen molar-refractivity contribution in [1.29, 1.82) is 0 Å². The van der Waals surface area contributed by atoms with Gasteiger partial charge in [0.1, 0.15) is 17.5 Å². The van der Waals surface area contributed by atoms with Crippen LogP contribution in [0.15, 0.2) is 47.1 Å². The van der Waals surface area contributed by atoms with Gasteiger partial charge in [0.25, 0.3) is 5.91 Å². The normalized spacial score (nSPS) is 30.9. The summed E-state index contributed by atoms with van der Waals surface area (Å²) in [6.07, 6.45) is 4.49. The first-order valence-corrected chi connectivity index (χ1v) is 11.2. The van der Waals surface area contributed by atoms with E-state index in [4.69, 9.17) is 9.15 Å². The lowest BCUT2D eigenvalue weighted by atomic mass is 9.84. The van der Waals surface area contributed by atoms with Crippen LogP contribution in [0.5, 0.6) is 0 Å². The molecule has 2 aromatic rings. The third-order valence-electron chi connectivity index (χ3n) is 7.22. The van der Waals surface area contributed by atoms with Crippen molar-refractivity contribution in [2.45, 2.75) is 49.0 Å². The highest BCUT2D eigenvalue weighted by atomic mass is 16.5. The number of likely N-dealkylation sites (tertiary alicyclic amines) is 1. The van der Waals surface area contributed by atoms with Crippen LogP contribution in [0.3, 0.4) is 0 Å². The third kappa shape index (κ3) is 3.28. The van der Waals surface area contributed by atoms with Crippen molar-refractivity contribution >= 4 is 17.5 Å². The number of hydrogen-bond donors (Lipinski definition) is 4. The number of nitrogens with zero attached hydrogens (tertiary/aromatic N) is 1. The van der Waals surface area contributed by atoms with E-state index in [-0.39, 0.29) is 29.5 Å². The zero-order valence-electron chi connectivity index (χ0n) is 17.7. The van der Waals surface area contributed by atoms with E-state index in [0.29, 0.717) is 38.1 Å². The van der Waals surface area contributed by atoms with Crippen molar-refractivity contribution in [1.82, 2.24) is 21.1 Å². The molecule has 1 aromatic heterocycles. The number of furan rings is 1. The smallest absolute Gasteiger partial charge is 0.255 e. The van der Waals surface area contributed by atoms with Crippen LogP contribution < -0.4 is 21.5 Å². The second-order valence-electron chi connectivity index (χ2n) is 9.33. The van der Waals surface area contributed by atoms with Gasteiger partial charge in [0.2, 0.25) is 5.91 Å². The number of carbonyl (C=O) groups is 2. The molecule has 5 heterocycles. The number of carbonyl (C=O) groups excluding carboxylic acids is 2. The monoisotopic (exact) mass is 437 g/mol. The molecule has 3 atom stereocenters. The van der Waals surface area contributed by atoms with E-state index < -0.39 is 5.66 Å². The Morgan fingerprint density at radius 2 is 1.91 bits per heavy atom. The number of amides is 2. The van der Waals surface area contributed by atoms with E-state index in [9.17, 15) is 9.59 Å². The van der Waals surface area contributed by atoms with E-state index >= 15 is 0 Å². The molecule has 0 aliphatic carbocycles. The first-order valence-electron chi connectivity index (χ1n) is 11.2. The molecule has 4 aliphatic heterocycles. The van der Waals surface area contributed by atoms with Crippen LogP contribution in [0.4, 0.5) is 5.69 Å². The van der Waals surface area contributed by atoms with E-state index in [2.05, 4.69) is 21.5 Å². The predicted octanol–water partition coefficient (Wildman–Crippen LogP) is 1.52. The van der Waals surface area contributed by atoms with Gasteiger partial charge in [-0.3, -0.25) is 9.59 Å². The number of nitrogens with one attached hydrogen (secondary N) is 4.